The first-order valence-electron chi connectivity index (χ1n) is 4.57. The van der Waals surface area contributed by atoms with Crippen LogP contribution in [0.3, 0.4) is 0 Å². The number of hydrogen-bond donors (Lipinski definition) is 2. The highest BCUT2D eigenvalue weighted by molar-refractivity contribution is 7.98. The zero-order valence-corrected chi connectivity index (χ0v) is 9.47. The number of aromatic carboxylic acids is 1. The molecule has 5 nitrogen and oxygen atoms in total. The third-order valence-corrected chi connectivity index (χ3v) is 2.28. The van der Waals surface area contributed by atoms with Gasteiger partial charge < -0.3 is 10.4 Å². The SMILES string of the molecule is CCCNc1nc(SC)ncc1C(=O)O. The first-order valence-corrected chi connectivity index (χ1v) is 5.79. The minimum absolute atomic E-state index is 0.112. The number of carboxylic acid groups (broad SMARTS) is 1. The van der Waals surface area contributed by atoms with Crippen molar-refractivity contribution in [3.05, 3.63) is 11.8 Å². The molecule has 1 aromatic rings. The monoisotopic (exact) mass is 227 g/mol. The number of nitrogens with one attached hydrogen (secondary N) is 1. The van der Waals surface area contributed by atoms with Crippen molar-refractivity contribution in [3.63, 3.8) is 0 Å². The lowest BCUT2D eigenvalue weighted by molar-refractivity contribution is 0.0697. The zero-order valence-electron chi connectivity index (χ0n) is 8.65. The zero-order chi connectivity index (χ0) is 11.3. The molecule has 0 saturated heterocycles. The molecule has 0 atom stereocenters. The number of aromatic nitrogens is 2. The second kappa shape index (κ2) is 5.55. The van der Waals surface area contributed by atoms with Crippen molar-refractivity contribution in [2.45, 2.75) is 18.5 Å². The van der Waals surface area contributed by atoms with Crippen LogP contribution in [-0.4, -0.2) is 33.8 Å². The molecule has 0 aliphatic carbocycles. The van der Waals surface area contributed by atoms with E-state index in [1.807, 2.05) is 13.2 Å². The lowest BCUT2D eigenvalue weighted by Gasteiger charge is -2.07. The molecule has 0 unspecified atom stereocenters. The summed E-state index contributed by atoms with van der Waals surface area (Å²) in [6.07, 6.45) is 4.09. The average molecular weight is 227 g/mol. The van der Waals surface area contributed by atoms with E-state index in [9.17, 15) is 4.79 Å². The Bertz CT molecular complexity index is 357. The summed E-state index contributed by atoms with van der Waals surface area (Å²) < 4.78 is 0. The molecular formula is C9H13N3O2S. The van der Waals surface area contributed by atoms with Gasteiger partial charge in [-0.1, -0.05) is 18.7 Å². The van der Waals surface area contributed by atoms with Gasteiger partial charge >= 0.3 is 5.97 Å². The van der Waals surface area contributed by atoms with Crippen LogP contribution >= 0.6 is 11.8 Å². The molecule has 1 heterocycles. The smallest absolute Gasteiger partial charge is 0.341 e. The molecule has 0 saturated carbocycles. The van der Waals surface area contributed by atoms with E-state index in [4.69, 9.17) is 5.11 Å². The number of thioether (sulfide) groups is 1. The van der Waals surface area contributed by atoms with Gasteiger partial charge in [0.1, 0.15) is 11.4 Å². The third kappa shape index (κ3) is 3.09. The van der Waals surface area contributed by atoms with Crippen molar-refractivity contribution in [2.75, 3.05) is 18.1 Å². The first-order chi connectivity index (χ1) is 7.19. The quantitative estimate of drug-likeness (QED) is 0.589. The molecule has 82 valence electrons. The second-order valence-electron chi connectivity index (χ2n) is 2.85. The highest BCUT2D eigenvalue weighted by Crippen LogP contribution is 2.16. The summed E-state index contributed by atoms with van der Waals surface area (Å²) in [5.41, 5.74) is 0.112. The van der Waals surface area contributed by atoms with E-state index < -0.39 is 5.97 Å². The number of anilines is 1. The Morgan fingerprint density at radius 1 is 1.67 bits per heavy atom. The van der Waals surface area contributed by atoms with E-state index in [0.717, 1.165) is 6.42 Å². The fraction of sp³-hybridized carbons (Fsp3) is 0.444. The van der Waals surface area contributed by atoms with Gasteiger partial charge in [-0.3, -0.25) is 0 Å². The van der Waals surface area contributed by atoms with Crippen molar-refractivity contribution in [3.8, 4) is 0 Å². The van der Waals surface area contributed by atoms with Crippen LogP contribution < -0.4 is 5.32 Å². The van der Waals surface area contributed by atoms with Crippen LogP contribution in [0.5, 0.6) is 0 Å². The number of nitrogens with zero attached hydrogens (tertiary/aromatic N) is 2. The van der Waals surface area contributed by atoms with Gasteiger partial charge in [-0.25, -0.2) is 14.8 Å². The molecule has 0 bridgehead atoms. The Morgan fingerprint density at radius 3 is 2.93 bits per heavy atom. The Labute approximate surface area is 92.3 Å². The van der Waals surface area contributed by atoms with Crippen molar-refractivity contribution in [1.82, 2.24) is 9.97 Å². The summed E-state index contributed by atoms with van der Waals surface area (Å²) in [5.74, 6) is -0.620. The standard InChI is InChI=1S/C9H13N3O2S/c1-3-4-10-7-6(8(13)14)5-11-9(12-7)15-2/h5H,3-4H2,1-2H3,(H,13,14)(H,10,11,12). The van der Waals surface area contributed by atoms with Gasteiger partial charge in [0.25, 0.3) is 0 Å². The van der Waals surface area contributed by atoms with E-state index in [1.165, 1.54) is 18.0 Å². The third-order valence-electron chi connectivity index (χ3n) is 1.72. The van der Waals surface area contributed by atoms with Crippen molar-refractivity contribution < 1.29 is 9.90 Å². The molecule has 1 rings (SSSR count). The molecule has 0 aliphatic rings. The predicted octanol–water partition coefficient (Wildman–Crippen LogP) is 1.72. The predicted molar refractivity (Wildman–Crippen MR) is 59.6 cm³/mol. The maximum Gasteiger partial charge on any atom is 0.341 e. The van der Waals surface area contributed by atoms with Crippen LogP contribution in [0.4, 0.5) is 5.82 Å². The molecule has 0 aliphatic heterocycles. The number of carbonyl (C=O) groups is 1. The largest absolute Gasteiger partial charge is 0.477 e. The highest BCUT2D eigenvalue weighted by Gasteiger charge is 2.12. The van der Waals surface area contributed by atoms with Crippen LogP contribution in [0.25, 0.3) is 0 Å². The van der Waals surface area contributed by atoms with Crippen LogP contribution in [-0.2, 0) is 0 Å². The van der Waals surface area contributed by atoms with Crippen LogP contribution in [0.2, 0.25) is 0 Å². The van der Waals surface area contributed by atoms with Crippen molar-refractivity contribution >= 4 is 23.5 Å². The topological polar surface area (TPSA) is 75.1 Å². The average Bonchev–Trinajstić information content (AvgIpc) is 2.25. The molecule has 0 fully saturated rings. The fourth-order valence-electron chi connectivity index (χ4n) is 0.999. The lowest BCUT2D eigenvalue weighted by Crippen LogP contribution is -2.10. The van der Waals surface area contributed by atoms with Crippen molar-refractivity contribution in [2.24, 2.45) is 0 Å². The van der Waals surface area contributed by atoms with Gasteiger partial charge in [-0.2, -0.15) is 0 Å². The minimum Gasteiger partial charge on any atom is -0.477 e. The Kier molecular flexibility index (Phi) is 4.36. The molecule has 0 aromatic carbocycles. The van der Waals surface area contributed by atoms with E-state index in [-0.39, 0.29) is 5.56 Å². The maximum absolute atomic E-state index is 10.9. The van der Waals surface area contributed by atoms with Crippen LogP contribution in [0, 0.1) is 0 Å². The van der Waals surface area contributed by atoms with Gasteiger partial charge in [0, 0.05) is 12.7 Å². The van der Waals surface area contributed by atoms with Gasteiger partial charge in [0.05, 0.1) is 0 Å². The van der Waals surface area contributed by atoms with Gasteiger partial charge in [-0.15, -0.1) is 0 Å². The van der Waals surface area contributed by atoms with E-state index >= 15 is 0 Å². The molecule has 0 amide bonds. The molecule has 15 heavy (non-hydrogen) atoms. The fourth-order valence-corrected chi connectivity index (χ4v) is 1.34. The summed E-state index contributed by atoms with van der Waals surface area (Å²) in [6, 6.07) is 0. The van der Waals surface area contributed by atoms with Crippen LogP contribution in [0.15, 0.2) is 11.4 Å². The Hall–Kier alpha value is -1.30. The molecule has 6 heteroatoms. The molecular weight excluding hydrogens is 214 g/mol. The van der Waals surface area contributed by atoms with E-state index in [1.54, 1.807) is 0 Å². The molecule has 1 aromatic heterocycles. The number of rotatable bonds is 5. The Morgan fingerprint density at radius 2 is 2.40 bits per heavy atom. The van der Waals surface area contributed by atoms with E-state index in [0.29, 0.717) is 17.5 Å². The van der Waals surface area contributed by atoms with Gasteiger partial charge in [0.15, 0.2) is 5.16 Å². The van der Waals surface area contributed by atoms with Crippen molar-refractivity contribution in [1.29, 1.82) is 0 Å². The maximum atomic E-state index is 10.9. The lowest BCUT2D eigenvalue weighted by atomic mass is 10.3. The summed E-state index contributed by atoms with van der Waals surface area (Å²) in [7, 11) is 0. The number of carboxylic acids is 1. The number of hydrogen-bond acceptors (Lipinski definition) is 5. The van der Waals surface area contributed by atoms with E-state index in [2.05, 4.69) is 15.3 Å². The van der Waals surface area contributed by atoms with Crippen LogP contribution in [0.1, 0.15) is 23.7 Å². The van der Waals surface area contributed by atoms with Gasteiger partial charge in [-0.05, 0) is 12.7 Å². The first kappa shape index (κ1) is 11.8. The summed E-state index contributed by atoms with van der Waals surface area (Å²) in [6.45, 7) is 2.70. The molecule has 0 radical (unpaired) electrons. The minimum atomic E-state index is -1.01. The van der Waals surface area contributed by atoms with Gasteiger partial charge in [0.2, 0.25) is 0 Å². The Balaban J connectivity index is 2.99. The molecule has 2 N–H and O–H groups in total. The normalized spacial score (nSPS) is 10.0. The summed E-state index contributed by atoms with van der Waals surface area (Å²) in [4.78, 5) is 18.9. The highest BCUT2D eigenvalue weighted by atomic mass is 32.2. The second-order valence-corrected chi connectivity index (χ2v) is 3.62. The summed E-state index contributed by atoms with van der Waals surface area (Å²) >= 11 is 1.38. The summed E-state index contributed by atoms with van der Waals surface area (Å²) in [5, 5.41) is 12.4. The molecule has 0 spiro atoms.